The van der Waals surface area contributed by atoms with Gasteiger partial charge in [0.05, 0.1) is 11.7 Å². The summed E-state index contributed by atoms with van der Waals surface area (Å²) in [5.74, 6) is 0.846. The van der Waals surface area contributed by atoms with Crippen molar-refractivity contribution in [2.45, 2.75) is 19.4 Å². The van der Waals surface area contributed by atoms with Crippen LogP contribution in [0.1, 0.15) is 23.7 Å². The highest BCUT2D eigenvalue weighted by Gasteiger charge is 2.25. The van der Waals surface area contributed by atoms with E-state index in [2.05, 4.69) is 9.88 Å². The highest BCUT2D eigenvalue weighted by Crippen LogP contribution is 2.23. The van der Waals surface area contributed by atoms with E-state index in [1.54, 1.807) is 26.3 Å². The van der Waals surface area contributed by atoms with Gasteiger partial charge in [-0.15, -0.1) is 0 Å². The van der Waals surface area contributed by atoms with E-state index < -0.39 is 0 Å². The number of aromatic nitrogens is 1. The highest BCUT2D eigenvalue weighted by atomic mass is 16.5. The van der Waals surface area contributed by atoms with Crippen LogP contribution >= 0.6 is 0 Å². The third-order valence-electron chi connectivity index (χ3n) is 2.94. The number of nitrogens with zero attached hydrogens (tertiary/aromatic N) is 2. The van der Waals surface area contributed by atoms with Crippen LogP contribution in [-0.4, -0.2) is 37.1 Å². The molecule has 0 N–H and O–H groups in total. The number of methoxy groups -OCH3 is 1. The fourth-order valence-corrected chi connectivity index (χ4v) is 2.04. The van der Waals surface area contributed by atoms with E-state index in [1.165, 1.54) is 0 Å². The number of carbonyl (C=O) groups excluding carboxylic acids is 1. The summed E-state index contributed by atoms with van der Waals surface area (Å²) in [6.07, 6.45) is 2.97. The fraction of sp³-hybridized carbons (Fsp3) is 0.500. The highest BCUT2D eigenvalue weighted by molar-refractivity contribution is 5.98. The zero-order valence-corrected chi connectivity index (χ0v) is 9.64. The Balaban J connectivity index is 2.24. The van der Waals surface area contributed by atoms with E-state index in [1.807, 2.05) is 6.07 Å². The first-order chi connectivity index (χ1) is 7.72. The van der Waals surface area contributed by atoms with Gasteiger partial charge in [0.25, 0.3) is 0 Å². The predicted octanol–water partition coefficient (Wildman–Crippen LogP) is 1.51. The number of Topliss-reactive ketones (excluding diaryl/α,β-unsaturated/α-hetero) is 1. The monoisotopic (exact) mass is 220 g/mol. The zero-order valence-electron chi connectivity index (χ0n) is 9.64. The van der Waals surface area contributed by atoms with Gasteiger partial charge in [0.2, 0.25) is 0 Å². The molecule has 0 bridgehead atoms. The standard InChI is InChI=1S/C12H16N2O2/c1-9(15)11-4-3-6-13-12(11)14-7-5-10(8-14)16-2/h3-4,6,10H,5,7-8H2,1-2H3. The van der Waals surface area contributed by atoms with Gasteiger partial charge in [-0.3, -0.25) is 4.79 Å². The van der Waals surface area contributed by atoms with Crippen molar-refractivity contribution < 1.29 is 9.53 Å². The minimum absolute atomic E-state index is 0.0592. The van der Waals surface area contributed by atoms with Crippen molar-refractivity contribution >= 4 is 11.6 Å². The molecule has 86 valence electrons. The van der Waals surface area contributed by atoms with Crippen LogP contribution in [0.5, 0.6) is 0 Å². The summed E-state index contributed by atoms with van der Waals surface area (Å²) in [6.45, 7) is 3.29. The summed E-state index contributed by atoms with van der Waals surface area (Å²) >= 11 is 0. The maximum atomic E-state index is 11.5. The van der Waals surface area contributed by atoms with E-state index >= 15 is 0 Å². The van der Waals surface area contributed by atoms with Crippen LogP contribution in [0, 0.1) is 0 Å². The molecular formula is C12H16N2O2. The van der Waals surface area contributed by atoms with Crippen molar-refractivity contribution in [3.8, 4) is 0 Å². The molecule has 1 fully saturated rings. The Morgan fingerprint density at radius 2 is 2.44 bits per heavy atom. The number of carbonyl (C=O) groups is 1. The van der Waals surface area contributed by atoms with Crippen LogP contribution in [0.3, 0.4) is 0 Å². The van der Waals surface area contributed by atoms with Crippen molar-refractivity contribution in [2.24, 2.45) is 0 Å². The van der Waals surface area contributed by atoms with E-state index in [4.69, 9.17) is 4.74 Å². The van der Waals surface area contributed by atoms with Crippen LogP contribution in [0.25, 0.3) is 0 Å². The van der Waals surface area contributed by atoms with Gasteiger partial charge in [0.15, 0.2) is 5.78 Å². The third-order valence-corrected chi connectivity index (χ3v) is 2.94. The molecule has 0 aliphatic carbocycles. The molecule has 1 unspecified atom stereocenters. The topological polar surface area (TPSA) is 42.4 Å². The smallest absolute Gasteiger partial charge is 0.163 e. The SMILES string of the molecule is COC1CCN(c2ncccc2C(C)=O)C1. The maximum Gasteiger partial charge on any atom is 0.163 e. The summed E-state index contributed by atoms with van der Waals surface area (Å²) in [5, 5.41) is 0. The number of ketones is 1. The number of hydrogen-bond acceptors (Lipinski definition) is 4. The molecule has 1 aliphatic rings. The Hall–Kier alpha value is -1.42. The van der Waals surface area contributed by atoms with Gasteiger partial charge >= 0.3 is 0 Å². The molecule has 1 aliphatic heterocycles. The second-order valence-corrected chi connectivity index (χ2v) is 4.02. The first-order valence-electron chi connectivity index (χ1n) is 5.46. The van der Waals surface area contributed by atoms with Gasteiger partial charge < -0.3 is 9.64 Å². The summed E-state index contributed by atoms with van der Waals surface area (Å²) in [6, 6.07) is 3.62. The van der Waals surface area contributed by atoms with Crippen molar-refractivity contribution in [1.29, 1.82) is 0 Å². The number of ether oxygens (including phenoxy) is 1. The lowest BCUT2D eigenvalue weighted by Gasteiger charge is -2.19. The van der Waals surface area contributed by atoms with Gasteiger partial charge in [-0.25, -0.2) is 4.98 Å². The molecule has 0 spiro atoms. The second kappa shape index (κ2) is 4.61. The Morgan fingerprint density at radius 3 is 3.06 bits per heavy atom. The van der Waals surface area contributed by atoms with Crippen molar-refractivity contribution in [3.05, 3.63) is 23.9 Å². The summed E-state index contributed by atoms with van der Waals surface area (Å²) in [5.41, 5.74) is 0.694. The van der Waals surface area contributed by atoms with Gasteiger partial charge in [-0.2, -0.15) is 0 Å². The Bertz CT molecular complexity index is 392. The number of rotatable bonds is 3. The molecule has 1 atom stereocenters. The van der Waals surface area contributed by atoms with Crippen LogP contribution in [0.4, 0.5) is 5.82 Å². The normalized spacial score (nSPS) is 20.1. The molecule has 2 heterocycles. The van der Waals surface area contributed by atoms with Gasteiger partial charge in [-0.1, -0.05) is 0 Å². The van der Waals surface area contributed by atoms with Crippen LogP contribution in [0.15, 0.2) is 18.3 Å². The number of anilines is 1. The lowest BCUT2D eigenvalue weighted by Crippen LogP contribution is -2.24. The van der Waals surface area contributed by atoms with E-state index in [-0.39, 0.29) is 11.9 Å². The summed E-state index contributed by atoms with van der Waals surface area (Å²) in [7, 11) is 1.72. The Labute approximate surface area is 95.2 Å². The predicted molar refractivity (Wildman–Crippen MR) is 61.9 cm³/mol. The quantitative estimate of drug-likeness (QED) is 0.724. The molecule has 1 saturated heterocycles. The second-order valence-electron chi connectivity index (χ2n) is 4.02. The minimum Gasteiger partial charge on any atom is -0.380 e. The van der Waals surface area contributed by atoms with Gasteiger partial charge in [0, 0.05) is 26.4 Å². The van der Waals surface area contributed by atoms with Crippen LogP contribution in [-0.2, 0) is 4.74 Å². The molecule has 16 heavy (non-hydrogen) atoms. The first kappa shape index (κ1) is 11.1. The minimum atomic E-state index is 0.0592. The summed E-state index contributed by atoms with van der Waals surface area (Å²) < 4.78 is 5.31. The fourth-order valence-electron chi connectivity index (χ4n) is 2.04. The lowest BCUT2D eigenvalue weighted by atomic mass is 10.2. The largest absolute Gasteiger partial charge is 0.380 e. The molecule has 0 radical (unpaired) electrons. The van der Waals surface area contributed by atoms with Crippen molar-refractivity contribution in [3.63, 3.8) is 0 Å². The Kier molecular flexibility index (Phi) is 3.19. The van der Waals surface area contributed by atoms with E-state index in [0.29, 0.717) is 5.56 Å². The van der Waals surface area contributed by atoms with Crippen LogP contribution < -0.4 is 4.90 Å². The van der Waals surface area contributed by atoms with E-state index in [9.17, 15) is 4.79 Å². The lowest BCUT2D eigenvalue weighted by molar-refractivity contribution is 0.101. The first-order valence-corrected chi connectivity index (χ1v) is 5.46. The average molecular weight is 220 g/mol. The molecule has 4 heteroatoms. The molecule has 1 aromatic rings. The van der Waals surface area contributed by atoms with Crippen molar-refractivity contribution in [2.75, 3.05) is 25.1 Å². The Morgan fingerprint density at radius 1 is 1.62 bits per heavy atom. The molecule has 2 rings (SSSR count). The van der Waals surface area contributed by atoms with Crippen LogP contribution in [0.2, 0.25) is 0 Å². The van der Waals surface area contributed by atoms with Gasteiger partial charge in [0.1, 0.15) is 5.82 Å². The maximum absolute atomic E-state index is 11.5. The van der Waals surface area contributed by atoms with Crippen molar-refractivity contribution in [1.82, 2.24) is 4.98 Å². The molecule has 1 aromatic heterocycles. The average Bonchev–Trinajstić information content (AvgIpc) is 2.77. The number of pyridine rings is 1. The zero-order chi connectivity index (χ0) is 11.5. The third kappa shape index (κ3) is 2.07. The molecular weight excluding hydrogens is 204 g/mol. The molecule has 0 saturated carbocycles. The number of hydrogen-bond donors (Lipinski definition) is 0. The van der Waals surface area contributed by atoms with E-state index in [0.717, 1.165) is 25.3 Å². The van der Waals surface area contributed by atoms with Gasteiger partial charge in [-0.05, 0) is 25.5 Å². The molecule has 0 amide bonds. The summed E-state index contributed by atoms with van der Waals surface area (Å²) in [4.78, 5) is 17.9. The molecule has 0 aromatic carbocycles. The molecule has 4 nitrogen and oxygen atoms in total.